The van der Waals surface area contributed by atoms with Crippen LogP contribution in [0.2, 0.25) is 0 Å². The molecule has 0 radical (unpaired) electrons. The second-order valence-electron chi connectivity index (χ2n) is 5.75. The van der Waals surface area contributed by atoms with Crippen molar-refractivity contribution in [3.8, 4) is 0 Å². The molecule has 1 rings (SSSR count). The molecule has 20 heavy (non-hydrogen) atoms. The molecule has 3 heteroatoms. The molecule has 1 heterocycles. The van der Waals surface area contributed by atoms with Gasteiger partial charge >= 0.3 is 0 Å². The third-order valence-corrected chi connectivity index (χ3v) is 4.73. The van der Waals surface area contributed by atoms with Crippen LogP contribution in [0.3, 0.4) is 0 Å². The number of unbranched alkanes of at least 4 members (excludes halogenated alkanes) is 6. The summed E-state index contributed by atoms with van der Waals surface area (Å²) in [6.45, 7) is 7.62. The van der Waals surface area contributed by atoms with E-state index in [0.29, 0.717) is 6.04 Å². The van der Waals surface area contributed by atoms with E-state index in [0.717, 1.165) is 18.7 Å². The van der Waals surface area contributed by atoms with Crippen LogP contribution in [0.4, 0.5) is 0 Å². The number of hydrogen-bond acceptors (Lipinski definition) is 3. The summed E-state index contributed by atoms with van der Waals surface area (Å²) in [5.74, 6) is 0. The van der Waals surface area contributed by atoms with Gasteiger partial charge in [0.25, 0.3) is 0 Å². The van der Waals surface area contributed by atoms with E-state index in [2.05, 4.69) is 36.5 Å². The molecule has 0 saturated heterocycles. The van der Waals surface area contributed by atoms with Gasteiger partial charge < -0.3 is 5.32 Å². The van der Waals surface area contributed by atoms with Crippen molar-refractivity contribution in [1.29, 1.82) is 0 Å². The smallest absolute Gasteiger partial charge is 0.0943 e. The Kier molecular flexibility index (Phi) is 9.94. The van der Waals surface area contributed by atoms with E-state index in [-0.39, 0.29) is 0 Å². The van der Waals surface area contributed by atoms with E-state index >= 15 is 0 Å². The van der Waals surface area contributed by atoms with Crippen molar-refractivity contribution in [2.75, 3.05) is 6.54 Å². The molecular formula is C17H32N2S. The summed E-state index contributed by atoms with van der Waals surface area (Å²) >= 11 is 1.81. The van der Waals surface area contributed by atoms with E-state index in [4.69, 9.17) is 0 Å². The molecule has 0 aliphatic rings. The molecule has 0 fully saturated rings. The summed E-state index contributed by atoms with van der Waals surface area (Å²) in [5.41, 5.74) is 1.16. The molecule has 0 aromatic carbocycles. The molecular weight excluding hydrogens is 264 g/mol. The molecule has 1 N–H and O–H groups in total. The van der Waals surface area contributed by atoms with Crippen LogP contribution in [0.15, 0.2) is 5.38 Å². The van der Waals surface area contributed by atoms with Gasteiger partial charge in [0.2, 0.25) is 0 Å². The Bertz CT molecular complexity index is 335. The number of aryl methyl sites for hydroxylation is 1. The predicted octanol–water partition coefficient (Wildman–Crippen LogP) is 5.11. The number of nitrogens with zero attached hydrogens (tertiary/aromatic N) is 1. The monoisotopic (exact) mass is 296 g/mol. The Morgan fingerprint density at radius 3 is 2.40 bits per heavy atom. The second-order valence-corrected chi connectivity index (χ2v) is 6.69. The van der Waals surface area contributed by atoms with Gasteiger partial charge in [0.05, 0.1) is 5.01 Å². The highest BCUT2D eigenvalue weighted by atomic mass is 32.1. The fourth-order valence-corrected chi connectivity index (χ4v) is 3.47. The van der Waals surface area contributed by atoms with Crippen LogP contribution in [-0.2, 0) is 6.42 Å². The largest absolute Gasteiger partial charge is 0.314 e. The SMILES string of the molecule is CCCCCCCCCC(Cc1nc(C)cs1)NCC. The van der Waals surface area contributed by atoms with E-state index in [1.807, 2.05) is 0 Å². The van der Waals surface area contributed by atoms with E-state index in [9.17, 15) is 0 Å². The zero-order valence-electron chi connectivity index (χ0n) is 13.6. The maximum atomic E-state index is 4.59. The van der Waals surface area contributed by atoms with Crippen LogP contribution in [-0.4, -0.2) is 17.6 Å². The van der Waals surface area contributed by atoms with Crippen LogP contribution >= 0.6 is 11.3 Å². The third kappa shape index (κ3) is 8.01. The maximum absolute atomic E-state index is 4.59. The number of likely N-dealkylation sites (N-methyl/N-ethyl adjacent to an activating group) is 1. The average molecular weight is 297 g/mol. The van der Waals surface area contributed by atoms with Gasteiger partial charge in [0.15, 0.2) is 0 Å². The minimum Gasteiger partial charge on any atom is -0.314 e. The molecule has 1 atom stereocenters. The third-order valence-electron chi connectivity index (χ3n) is 3.74. The van der Waals surface area contributed by atoms with E-state index in [1.165, 1.54) is 56.4 Å². The molecule has 0 aliphatic carbocycles. The van der Waals surface area contributed by atoms with Crippen LogP contribution in [0.1, 0.15) is 75.9 Å². The zero-order valence-corrected chi connectivity index (χ0v) is 14.4. The number of aromatic nitrogens is 1. The first kappa shape index (κ1) is 17.6. The number of nitrogens with one attached hydrogen (secondary N) is 1. The first-order valence-corrected chi connectivity index (χ1v) is 9.28. The summed E-state index contributed by atoms with van der Waals surface area (Å²) in [7, 11) is 0. The summed E-state index contributed by atoms with van der Waals surface area (Å²) in [6, 6.07) is 0.612. The van der Waals surface area contributed by atoms with Crippen molar-refractivity contribution in [3.63, 3.8) is 0 Å². The predicted molar refractivity (Wildman–Crippen MR) is 90.6 cm³/mol. The van der Waals surface area contributed by atoms with Crippen molar-refractivity contribution in [3.05, 3.63) is 16.1 Å². The lowest BCUT2D eigenvalue weighted by molar-refractivity contribution is 0.458. The second kappa shape index (κ2) is 11.3. The molecule has 1 aromatic heterocycles. The van der Waals surface area contributed by atoms with Crippen molar-refractivity contribution in [2.24, 2.45) is 0 Å². The lowest BCUT2D eigenvalue weighted by atomic mass is 10.0. The highest BCUT2D eigenvalue weighted by molar-refractivity contribution is 7.09. The minimum absolute atomic E-state index is 0.612. The standard InChI is InChI=1S/C17H32N2S/c1-4-6-7-8-9-10-11-12-16(18-5-2)13-17-19-15(3)14-20-17/h14,16,18H,4-13H2,1-3H3. The summed E-state index contributed by atoms with van der Waals surface area (Å²) in [6.07, 6.45) is 12.1. The first-order valence-electron chi connectivity index (χ1n) is 8.40. The van der Waals surface area contributed by atoms with Gasteiger partial charge in [-0.05, 0) is 19.9 Å². The number of hydrogen-bond donors (Lipinski definition) is 1. The lowest BCUT2D eigenvalue weighted by Gasteiger charge is -2.16. The Morgan fingerprint density at radius 1 is 1.10 bits per heavy atom. The molecule has 116 valence electrons. The Labute approximate surface area is 129 Å². The van der Waals surface area contributed by atoms with E-state index in [1.54, 1.807) is 11.3 Å². The normalized spacial score (nSPS) is 12.8. The Morgan fingerprint density at radius 2 is 1.80 bits per heavy atom. The van der Waals surface area contributed by atoms with Crippen LogP contribution < -0.4 is 5.32 Å². The van der Waals surface area contributed by atoms with Crippen molar-refractivity contribution >= 4 is 11.3 Å². The van der Waals surface area contributed by atoms with Crippen molar-refractivity contribution in [2.45, 2.75) is 84.6 Å². The Balaban J connectivity index is 2.15. The first-order chi connectivity index (χ1) is 9.76. The lowest BCUT2D eigenvalue weighted by Crippen LogP contribution is -2.30. The topological polar surface area (TPSA) is 24.9 Å². The maximum Gasteiger partial charge on any atom is 0.0943 e. The molecule has 1 unspecified atom stereocenters. The van der Waals surface area contributed by atoms with Crippen molar-refractivity contribution < 1.29 is 0 Å². The molecule has 0 saturated carbocycles. The fraction of sp³-hybridized carbons (Fsp3) is 0.824. The minimum atomic E-state index is 0.612. The number of thiazole rings is 1. The molecule has 1 aromatic rings. The van der Waals surface area contributed by atoms with Gasteiger partial charge in [-0.1, -0.05) is 58.8 Å². The highest BCUT2D eigenvalue weighted by Crippen LogP contribution is 2.15. The fourth-order valence-electron chi connectivity index (χ4n) is 2.62. The van der Waals surface area contributed by atoms with Gasteiger partial charge in [-0.25, -0.2) is 4.98 Å². The average Bonchev–Trinajstić information content (AvgIpc) is 2.83. The summed E-state index contributed by atoms with van der Waals surface area (Å²) in [5, 5.41) is 7.07. The molecule has 0 aliphatic heterocycles. The van der Waals surface area contributed by atoms with E-state index < -0.39 is 0 Å². The Hall–Kier alpha value is -0.410. The summed E-state index contributed by atoms with van der Waals surface area (Å²) in [4.78, 5) is 4.59. The van der Waals surface area contributed by atoms with Gasteiger partial charge in [0, 0.05) is 23.5 Å². The van der Waals surface area contributed by atoms with Gasteiger partial charge in [-0.2, -0.15) is 0 Å². The summed E-state index contributed by atoms with van der Waals surface area (Å²) < 4.78 is 0. The van der Waals surface area contributed by atoms with Crippen LogP contribution in [0.25, 0.3) is 0 Å². The van der Waals surface area contributed by atoms with Crippen LogP contribution in [0.5, 0.6) is 0 Å². The molecule has 0 amide bonds. The van der Waals surface area contributed by atoms with Crippen LogP contribution in [0, 0.1) is 6.92 Å². The van der Waals surface area contributed by atoms with Crippen molar-refractivity contribution in [1.82, 2.24) is 10.3 Å². The quantitative estimate of drug-likeness (QED) is 0.542. The number of rotatable bonds is 12. The molecule has 0 spiro atoms. The molecule has 0 bridgehead atoms. The highest BCUT2D eigenvalue weighted by Gasteiger charge is 2.10. The van der Waals surface area contributed by atoms with Gasteiger partial charge in [0.1, 0.15) is 0 Å². The zero-order chi connectivity index (χ0) is 14.6. The van der Waals surface area contributed by atoms with Gasteiger partial charge in [-0.3, -0.25) is 0 Å². The van der Waals surface area contributed by atoms with Gasteiger partial charge in [-0.15, -0.1) is 11.3 Å². The molecule has 2 nitrogen and oxygen atoms in total.